The maximum Gasteiger partial charge on any atom is 0.416 e. The zero-order valence-corrected chi connectivity index (χ0v) is 11.1. The van der Waals surface area contributed by atoms with Crippen LogP contribution in [-0.4, -0.2) is 34.4 Å². The molecule has 1 rings (SSSR count). The second-order valence-electron chi connectivity index (χ2n) is 3.82. The summed E-state index contributed by atoms with van der Waals surface area (Å²) in [6.45, 7) is 0.637. The molecule has 0 aromatic heterocycles. The van der Waals surface area contributed by atoms with Gasteiger partial charge in [0.2, 0.25) is 0 Å². The van der Waals surface area contributed by atoms with Crippen molar-refractivity contribution in [2.45, 2.75) is 24.1 Å². The molecule has 0 aliphatic carbocycles. The summed E-state index contributed by atoms with van der Waals surface area (Å²) in [5.41, 5.74) is 0.823. The minimum atomic E-state index is -4.68. The fourth-order valence-corrected chi connectivity index (χ4v) is 2.13. The van der Waals surface area contributed by atoms with Crippen LogP contribution in [0.1, 0.15) is 5.56 Å². The predicted molar refractivity (Wildman–Crippen MR) is 61.2 cm³/mol. The molecule has 0 saturated carbocycles. The monoisotopic (exact) mass is 298 g/mol. The number of hydrogen-bond donors (Lipinski definition) is 0. The Balaban J connectivity index is 2.78. The topological polar surface area (TPSA) is 52.6 Å². The van der Waals surface area contributed by atoms with Crippen LogP contribution in [0.15, 0.2) is 29.2 Å². The van der Waals surface area contributed by atoms with Crippen LogP contribution < -0.4 is 0 Å². The molecule has 0 radical (unpaired) electrons. The fourth-order valence-electron chi connectivity index (χ4n) is 1.22. The Morgan fingerprint density at radius 2 is 1.74 bits per heavy atom. The van der Waals surface area contributed by atoms with Gasteiger partial charge < -0.3 is 4.74 Å². The molecule has 1 aromatic rings. The van der Waals surface area contributed by atoms with Crippen LogP contribution in [0.3, 0.4) is 0 Å². The van der Waals surface area contributed by atoms with Gasteiger partial charge in [-0.25, -0.2) is 0 Å². The highest BCUT2D eigenvalue weighted by molar-refractivity contribution is 7.86. The first-order valence-corrected chi connectivity index (χ1v) is 6.63. The minimum Gasteiger partial charge on any atom is -0.370 e. The summed E-state index contributed by atoms with van der Waals surface area (Å²) in [4.78, 5) is -0.199. The van der Waals surface area contributed by atoms with E-state index < -0.39 is 29.0 Å². The van der Waals surface area contributed by atoms with Crippen molar-refractivity contribution in [3.8, 4) is 0 Å². The molecule has 0 spiro atoms. The third-order valence-electron chi connectivity index (χ3n) is 2.33. The highest BCUT2D eigenvalue weighted by Crippen LogP contribution is 2.24. The third kappa shape index (κ3) is 4.48. The standard InChI is InChI=1S/C11H13F3O4S/c1-8-3-5-9(6-4-8)19(15,16)18-7-10(17-2)11(12,13)14/h3-6,10H,7H2,1-2H3/t10-/m1/s1. The van der Waals surface area contributed by atoms with Crippen molar-refractivity contribution < 1.29 is 30.5 Å². The van der Waals surface area contributed by atoms with Crippen LogP contribution in [0, 0.1) is 6.92 Å². The van der Waals surface area contributed by atoms with E-state index in [9.17, 15) is 21.6 Å². The lowest BCUT2D eigenvalue weighted by Crippen LogP contribution is -2.35. The van der Waals surface area contributed by atoms with Crippen LogP contribution in [0.25, 0.3) is 0 Å². The van der Waals surface area contributed by atoms with Crippen LogP contribution in [0.2, 0.25) is 0 Å². The first-order valence-electron chi connectivity index (χ1n) is 5.22. The van der Waals surface area contributed by atoms with Crippen molar-refractivity contribution in [1.82, 2.24) is 0 Å². The number of benzene rings is 1. The lowest BCUT2D eigenvalue weighted by atomic mass is 10.2. The van der Waals surface area contributed by atoms with Gasteiger partial charge in [-0.05, 0) is 19.1 Å². The molecule has 19 heavy (non-hydrogen) atoms. The first kappa shape index (κ1) is 15.9. The average Bonchev–Trinajstić information content (AvgIpc) is 2.28. The molecule has 8 heteroatoms. The van der Waals surface area contributed by atoms with Crippen LogP contribution in [0.4, 0.5) is 13.2 Å². The summed E-state index contributed by atoms with van der Waals surface area (Å²) < 4.78 is 68.9. The highest BCUT2D eigenvalue weighted by Gasteiger charge is 2.41. The molecular formula is C11H13F3O4S. The van der Waals surface area contributed by atoms with E-state index in [-0.39, 0.29) is 4.90 Å². The van der Waals surface area contributed by atoms with Gasteiger partial charge in [-0.3, -0.25) is 4.18 Å². The number of aryl methyl sites for hydroxylation is 1. The molecule has 4 nitrogen and oxygen atoms in total. The van der Waals surface area contributed by atoms with E-state index in [1.807, 2.05) is 0 Å². The Hall–Kier alpha value is -1.12. The van der Waals surface area contributed by atoms with Crippen molar-refractivity contribution in [2.24, 2.45) is 0 Å². The summed E-state index contributed by atoms with van der Waals surface area (Å²) in [6, 6.07) is 5.57. The Labute approximate surface area is 109 Å². The number of halogens is 3. The van der Waals surface area contributed by atoms with Gasteiger partial charge in [-0.2, -0.15) is 21.6 Å². The van der Waals surface area contributed by atoms with E-state index in [1.54, 1.807) is 6.92 Å². The number of methoxy groups -OCH3 is 1. The Bertz CT molecular complexity index is 508. The summed E-state index contributed by atoms with van der Waals surface area (Å²) in [7, 11) is -3.39. The van der Waals surface area contributed by atoms with E-state index in [1.165, 1.54) is 24.3 Å². The quantitative estimate of drug-likeness (QED) is 0.783. The molecule has 0 N–H and O–H groups in total. The minimum absolute atomic E-state index is 0.199. The maximum atomic E-state index is 12.4. The SMILES string of the molecule is CO[C@H](COS(=O)(=O)c1ccc(C)cc1)C(F)(F)F. The van der Waals surface area contributed by atoms with E-state index in [0.29, 0.717) is 0 Å². The molecule has 0 bridgehead atoms. The van der Waals surface area contributed by atoms with Crippen molar-refractivity contribution >= 4 is 10.1 Å². The molecule has 1 aromatic carbocycles. The van der Waals surface area contributed by atoms with Gasteiger partial charge in [0.05, 0.1) is 4.90 Å². The van der Waals surface area contributed by atoms with Crippen LogP contribution in [-0.2, 0) is 19.0 Å². The van der Waals surface area contributed by atoms with Gasteiger partial charge in [-0.15, -0.1) is 0 Å². The normalized spacial score (nSPS) is 14.4. The van der Waals surface area contributed by atoms with Crippen molar-refractivity contribution in [3.63, 3.8) is 0 Å². The average molecular weight is 298 g/mol. The molecule has 0 saturated heterocycles. The Morgan fingerprint density at radius 1 is 1.21 bits per heavy atom. The summed E-state index contributed by atoms with van der Waals surface area (Å²) in [6.07, 6.45) is -6.97. The lowest BCUT2D eigenvalue weighted by Gasteiger charge is -2.18. The third-order valence-corrected chi connectivity index (χ3v) is 3.63. The zero-order chi connectivity index (χ0) is 14.7. The number of alkyl halides is 3. The molecule has 0 aliphatic rings. The van der Waals surface area contributed by atoms with Gasteiger partial charge in [-0.1, -0.05) is 17.7 Å². The largest absolute Gasteiger partial charge is 0.416 e. The van der Waals surface area contributed by atoms with Gasteiger partial charge in [0.1, 0.15) is 6.61 Å². The molecular weight excluding hydrogens is 285 g/mol. The first-order chi connectivity index (χ1) is 8.66. The van der Waals surface area contributed by atoms with Gasteiger partial charge >= 0.3 is 6.18 Å². The molecule has 1 atom stereocenters. The Morgan fingerprint density at radius 3 is 2.16 bits per heavy atom. The molecule has 0 amide bonds. The summed E-state index contributed by atoms with van der Waals surface area (Å²) in [5.74, 6) is 0. The smallest absolute Gasteiger partial charge is 0.370 e. The molecule has 0 fully saturated rings. The van der Waals surface area contributed by atoms with E-state index >= 15 is 0 Å². The van der Waals surface area contributed by atoms with Gasteiger partial charge in [0.25, 0.3) is 10.1 Å². The maximum absolute atomic E-state index is 12.4. The van der Waals surface area contributed by atoms with Crippen molar-refractivity contribution in [3.05, 3.63) is 29.8 Å². The second-order valence-corrected chi connectivity index (χ2v) is 5.43. The fraction of sp³-hybridized carbons (Fsp3) is 0.455. The van der Waals surface area contributed by atoms with Crippen molar-refractivity contribution in [2.75, 3.05) is 13.7 Å². The van der Waals surface area contributed by atoms with Gasteiger partial charge in [0.15, 0.2) is 6.10 Å². The van der Waals surface area contributed by atoms with Crippen LogP contribution >= 0.6 is 0 Å². The van der Waals surface area contributed by atoms with Crippen LogP contribution in [0.5, 0.6) is 0 Å². The van der Waals surface area contributed by atoms with Gasteiger partial charge in [0, 0.05) is 7.11 Å². The van der Waals surface area contributed by atoms with E-state index in [4.69, 9.17) is 0 Å². The Kier molecular flexibility index (Phi) is 4.94. The summed E-state index contributed by atoms with van der Waals surface area (Å²) in [5, 5.41) is 0. The molecule has 0 unspecified atom stereocenters. The zero-order valence-electron chi connectivity index (χ0n) is 10.3. The highest BCUT2D eigenvalue weighted by atomic mass is 32.2. The number of hydrogen-bond acceptors (Lipinski definition) is 4. The number of ether oxygens (including phenoxy) is 1. The van der Waals surface area contributed by atoms with E-state index in [0.717, 1.165) is 12.7 Å². The second kappa shape index (κ2) is 5.89. The predicted octanol–water partition coefficient (Wildman–Crippen LogP) is 2.28. The van der Waals surface area contributed by atoms with E-state index in [2.05, 4.69) is 8.92 Å². The lowest BCUT2D eigenvalue weighted by molar-refractivity contribution is -0.219. The molecule has 0 aliphatic heterocycles. The summed E-state index contributed by atoms with van der Waals surface area (Å²) >= 11 is 0. The number of rotatable bonds is 5. The van der Waals surface area contributed by atoms with Crippen molar-refractivity contribution in [1.29, 1.82) is 0 Å². The molecule has 108 valence electrons. The molecule has 0 heterocycles.